The molecule has 2 aromatic carbocycles. The van der Waals surface area contributed by atoms with E-state index in [-0.39, 0.29) is 19.1 Å². The van der Waals surface area contributed by atoms with Crippen LogP contribution < -0.4 is 20.7 Å². The minimum Gasteiger partial charge on any atom is -0.490 e. The van der Waals surface area contributed by atoms with Gasteiger partial charge in [0.05, 0.1) is 36.6 Å². The highest BCUT2D eigenvalue weighted by atomic mass is 16.5. The van der Waals surface area contributed by atoms with Crippen molar-refractivity contribution in [3.8, 4) is 5.75 Å². The number of nitrogens with one attached hydrogen (secondary N) is 1. The van der Waals surface area contributed by atoms with Crippen LogP contribution in [-0.4, -0.2) is 38.2 Å². The van der Waals surface area contributed by atoms with Crippen LogP contribution in [-0.2, 0) is 9.53 Å². The molecule has 0 aromatic heterocycles. The van der Waals surface area contributed by atoms with E-state index >= 15 is 0 Å². The SMILES string of the molecule is CCOC(=O)c1ccccc1NC(=O)CN1CCOc2ccc(N)cc21. The van der Waals surface area contributed by atoms with E-state index < -0.39 is 5.97 Å². The third-order valence-electron chi connectivity index (χ3n) is 3.97. The monoisotopic (exact) mass is 355 g/mol. The molecule has 7 nitrogen and oxygen atoms in total. The third-order valence-corrected chi connectivity index (χ3v) is 3.97. The fourth-order valence-corrected chi connectivity index (χ4v) is 2.80. The number of rotatable bonds is 5. The Balaban J connectivity index is 1.73. The van der Waals surface area contributed by atoms with E-state index in [9.17, 15) is 9.59 Å². The Kier molecular flexibility index (Phi) is 5.26. The van der Waals surface area contributed by atoms with Crippen molar-refractivity contribution in [3.05, 3.63) is 48.0 Å². The number of benzene rings is 2. The lowest BCUT2D eigenvalue weighted by molar-refractivity contribution is -0.115. The molecule has 1 aliphatic rings. The van der Waals surface area contributed by atoms with Gasteiger partial charge in [-0.1, -0.05) is 12.1 Å². The van der Waals surface area contributed by atoms with Crippen LogP contribution in [0.3, 0.4) is 0 Å². The van der Waals surface area contributed by atoms with E-state index in [2.05, 4.69) is 5.32 Å². The van der Waals surface area contributed by atoms with Crippen molar-refractivity contribution in [3.63, 3.8) is 0 Å². The quantitative estimate of drug-likeness (QED) is 0.631. The number of ether oxygens (including phenoxy) is 2. The molecule has 3 N–H and O–H groups in total. The largest absolute Gasteiger partial charge is 0.490 e. The second-order valence-corrected chi connectivity index (χ2v) is 5.81. The molecule has 7 heteroatoms. The predicted molar refractivity (Wildman–Crippen MR) is 99.6 cm³/mol. The number of nitrogen functional groups attached to an aromatic ring is 1. The summed E-state index contributed by atoms with van der Waals surface area (Å²) < 4.78 is 10.6. The average molecular weight is 355 g/mol. The molecule has 3 rings (SSSR count). The highest BCUT2D eigenvalue weighted by Gasteiger charge is 2.21. The van der Waals surface area contributed by atoms with Crippen molar-refractivity contribution >= 4 is 28.9 Å². The van der Waals surface area contributed by atoms with Crippen LogP contribution in [0, 0.1) is 0 Å². The zero-order valence-electron chi connectivity index (χ0n) is 14.5. The van der Waals surface area contributed by atoms with Gasteiger partial charge in [-0.3, -0.25) is 4.79 Å². The minimum atomic E-state index is -0.465. The molecule has 26 heavy (non-hydrogen) atoms. The van der Waals surface area contributed by atoms with Crippen molar-refractivity contribution in [2.75, 3.05) is 42.3 Å². The first-order valence-electron chi connectivity index (χ1n) is 8.41. The van der Waals surface area contributed by atoms with E-state index in [0.717, 1.165) is 5.69 Å². The van der Waals surface area contributed by atoms with Gasteiger partial charge in [0.1, 0.15) is 12.4 Å². The molecule has 1 heterocycles. The maximum absolute atomic E-state index is 12.5. The fourth-order valence-electron chi connectivity index (χ4n) is 2.80. The number of anilines is 3. The number of para-hydroxylation sites is 1. The highest BCUT2D eigenvalue weighted by Crippen LogP contribution is 2.33. The summed E-state index contributed by atoms with van der Waals surface area (Å²) in [4.78, 5) is 26.5. The van der Waals surface area contributed by atoms with E-state index in [4.69, 9.17) is 15.2 Å². The van der Waals surface area contributed by atoms with Crippen LogP contribution in [0.1, 0.15) is 17.3 Å². The Morgan fingerprint density at radius 2 is 2.08 bits per heavy atom. The third kappa shape index (κ3) is 3.88. The lowest BCUT2D eigenvalue weighted by Gasteiger charge is -2.31. The van der Waals surface area contributed by atoms with Crippen LogP contribution in [0.25, 0.3) is 0 Å². The van der Waals surface area contributed by atoms with Crippen molar-refractivity contribution in [1.82, 2.24) is 0 Å². The maximum atomic E-state index is 12.5. The molecule has 0 fully saturated rings. The van der Waals surface area contributed by atoms with Crippen LogP contribution in [0.5, 0.6) is 5.75 Å². The summed E-state index contributed by atoms with van der Waals surface area (Å²) in [5.74, 6) is -0.00455. The molecule has 0 aliphatic carbocycles. The molecule has 136 valence electrons. The van der Waals surface area contributed by atoms with Gasteiger partial charge in [0.2, 0.25) is 5.91 Å². The second-order valence-electron chi connectivity index (χ2n) is 5.81. The van der Waals surface area contributed by atoms with Gasteiger partial charge in [-0.05, 0) is 37.3 Å². The van der Waals surface area contributed by atoms with Gasteiger partial charge >= 0.3 is 5.97 Å². The number of hydrogen-bond donors (Lipinski definition) is 2. The number of esters is 1. The highest BCUT2D eigenvalue weighted by molar-refractivity contribution is 6.02. The normalized spacial score (nSPS) is 12.7. The number of carbonyl (C=O) groups is 2. The summed E-state index contributed by atoms with van der Waals surface area (Å²) in [7, 11) is 0. The van der Waals surface area contributed by atoms with E-state index in [0.29, 0.717) is 35.8 Å². The number of carbonyl (C=O) groups excluding carboxylic acids is 2. The molecule has 1 amide bonds. The molecule has 0 unspecified atom stereocenters. The van der Waals surface area contributed by atoms with Crippen LogP contribution in [0.15, 0.2) is 42.5 Å². The van der Waals surface area contributed by atoms with Crippen LogP contribution in [0.2, 0.25) is 0 Å². The van der Waals surface area contributed by atoms with Crippen molar-refractivity contribution in [2.24, 2.45) is 0 Å². The van der Waals surface area contributed by atoms with Crippen molar-refractivity contribution < 1.29 is 19.1 Å². The van der Waals surface area contributed by atoms with Gasteiger partial charge < -0.3 is 25.4 Å². The van der Waals surface area contributed by atoms with Crippen LogP contribution in [0.4, 0.5) is 17.1 Å². The fraction of sp³-hybridized carbons (Fsp3) is 0.263. The van der Waals surface area contributed by atoms with Gasteiger partial charge in [0.25, 0.3) is 0 Å². The molecule has 0 atom stereocenters. The van der Waals surface area contributed by atoms with Crippen LogP contribution >= 0.6 is 0 Å². The molecular formula is C19H21N3O4. The lowest BCUT2D eigenvalue weighted by Crippen LogP contribution is -2.39. The molecule has 0 radical (unpaired) electrons. The van der Waals surface area contributed by atoms with Gasteiger partial charge in [0, 0.05) is 5.69 Å². The number of hydrogen-bond acceptors (Lipinski definition) is 6. The Labute approximate surface area is 151 Å². The van der Waals surface area contributed by atoms with Gasteiger partial charge in [-0.25, -0.2) is 4.79 Å². The zero-order chi connectivity index (χ0) is 18.5. The second kappa shape index (κ2) is 7.77. The summed E-state index contributed by atoms with van der Waals surface area (Å²) in [5.41, 5.74) is 7.99. The Morgan fingerprint density at radius 1 is 1.27 bits per heavy atom. The Morgan fingerprint density at radius 3 is 2.88 bits per heavy atom. The number of fused-ring (bicyclic) bond motifs is 1. The molecule has 0 saturated carbocycles. The molecular weight excluding hydrogens is 334 g/mol. The standard InChI is InChI=1S/C19H21N3O4/c1-2-25-19(24)14-5-3-4-6-15(14)21-18(23)12-22-9-10-26-17-8-7-13(20)11-16(17)22/h3-8,11H,2,9-10,12,20H2,1H3,(H,21,23). The minimum absolute atomic E-state index is 0.122. The molecule has 0 spiro atoms. The van der Waals surface area contributed by atoms with E-state index in [1.165, 1.54) is 0 Å². The first kappa shape index (κ1) is 17.6. The molecule has 0 saturated heterocycles. The number of nitrogens with zero attached hydrogens (tertiary/aromatic N) is 1. The summed E-state index contributed by atoms with van der Waals surface area (Å²) in [6.45, 7) is 3.19. The number of amides is 1. The number of nitrogens with two attached hydrogens (primary N) is 1. The predicted octanol–water partition coefficient (Wildman–Crippen LogP) is 2.28. The van der Waals surface area contributed by atoms with Crippen molar-refractivity contribution in [1.29, 1.82) is 0 Å². The first-order valence-corrected chi connectivity index (χ1v) is 8.41. The molecule has 2 aromatic rings. The Bertz CT molecular complexity index is 822. The van der Waals surface area contributed by atoms with Gasteiger partial charge in [-0.15, -0.1) is 0 Å². The summed E-state index contributed by atoms with van der Waals surface area (Å²) in [5, 5.41) is 2.79. The van der Waals surface area contributed by atoms with E-state index in [1.807, 2.05) is 4.90 Å². The maximum Gasteiger partial charge on any atom is 0.340 e. The van der Waals surface area contributed by atoms with Gasteiger partial charge in [-0.2, -0.15) is 0 Å². The van der Waals surface area contributed by atoms with Gasteiger partial charge in [0.15, 0.2) is 0 Å². The van der Waals surface area contributed by atoms with Crippen molar-refractivity contribution in [2.45, 2.75) is 6.92 Å². The summed E-state index contributed by atoms with van der Waals surface area (Å²) in [6, 6.07) is 12.1. The summed E-state index contributed by atoms with van der Waals surface area (Å²) >= 11 is 0. The Hall–Kier alpha value is -3.22. The average Bonchev–Trinajstić information content (AvgIpc) is 2.63. The first-order chi connectivity index (χ1) is 12.6. The lowest BCUT2D eigenvalue weighted by atomic mass is 10.1. The molecule has 1 aliphatic heterocycles. The summed E-state index contributed by atoms with van der Waals surface area (Å²) in [6.07, 6.45) is 0. The molecule has 0 bridgehead atoms. The topological polar surface area (TPSA) is 93.9 Å². The zero-order valence-corrected chi connectivity index (χ0v) is 14.5. The smallest absolute Gasteiger partial charge is 0.340 e. The van der Waals surface area contributed by atoms with E-state index in [1.54, 1.807) is 49.4 Å².